The van der Waals surface area contributed by atoms with Gasteiger partial charge in [-0.2, -0.15) is 13.2 Å². The van der Waals surface area contributed by atoms with Crippen LogP contribution in [0.1, 0.15) is 18.2 Å². The van der Waals surface area contributed by atoms with Crippen LogP contribution in [0.3, 0.4) is 0 Å². The summed E-state index contributed by atoms with van der Waals surface area (Å²) >= 11 is 0. The minimum Gasteiger partial charge on any atom is -0.416 e. The first-order valence-electron chi connectivity index (χ1n) is 9.05. The van der Waals surface area contributed by atoms with Gasteiger partial charge in [-0.05, 0) is 43.3 Å². The predicted octanol–water partition coefficient (Wildman–Crippen LogP) is 4.54. The van der Waals surface area contributed by atoms with Crippen molar-refractivity contribution in [2.24, 2.45) is 0 Å². The zero-order valence-corrected chi connectivity index (χ0v) is 15.8. The van der Waals surface area contributed by atoms with Gasteiger partial charge in [-0.15, -0.1) is 15.3 Å². The molecule has 2 aromatic heterocycles. The third kappa shape index (κ3) is 4.08. The van der Waals surface area contributed by atoms with Crippen molar-refractivity contribution in [3.63, 3.8) is 0 Å². The molecule has 0 saturated carbocycles. The Morgan fingerprint density at radius 2 is 1.70 bits per heavy atom. The Morgan fingerprint density at radius 3 is 2.43 bits per heavy atom. The molecule has 4 aromatic rings. The van der Waals surface area contributed by atoms with E-state index in [0.29, 0.717) is 24.5 Å². The van der Waals surface area contributed by atoms with Gasteiger partial charge in [0.25, 0.3) is 0 Å². The van der Waals surface area contributed by atoms with Gasteiger partial charge in [-0.25, -0.2) is 4.68 Å². The summed E-state index contributed by atoms with van der Waals surface area (Å²) in [5, 5.41) is 15.8. The van der Waals surface area contributed by atoms with E-state index in [1.54, 1.807) is 35.1 Å². The Bertz CT molecular complexity index is 1140. The first-order chi connectivity index (χ1) is 14.5. The zero-order chi connectivity index (χ0) is 21.1. The van der Waals surface area contributed by atoms with Crippen molar-refractivity contribution in [3.8, 4) is 28.6 Å². The van der Waals surface area contributed by atoms with Crippen LogP contribution in [-0.2, 0) is 17.5 Å². The fourth-order valence-electron chi connectivity index (χ4n) is 2.82. The van der Waals surface area contributed by atoms with Crippen LogP contribution in [0.4, 0.5) is 13.2 Å². The van der Waals surface area contributed by atoms with E-state index < -0.39 is 11.7 Å². The van der Waals surface area contributed by atoms with E-state index in [9.17, 15) is 13.2 Å². The van der Waals surface area contributed by atoms with Crippen molar-refractivity contribution >= 4 is 0 Å². The van der Waals surface area contributed by atoms with Crippen LogP contribution < -0.4 is 0 Å². The van der Waals surface area contributed by atoms with E-state index in [-0.39, 0.29) is 17.3 Å². The Morgan fingerprint density at radius 1 is 0.967 bits per heavy atom. The lowest BCUT2D eigenvalue weighted by molar-refractivity contribution is -0.137. The molecule has 0 atom stereocenters. The first kappa shape index (κ1) is 19.8. The number of alkyl halides is 3. The molecule has 4 rings (SSSR count). The lowest BCUT2D eigenvalue weighted by Crippen LogP contribution is -2.06. The lowest BCUT2D eigenvalue weighted by atomic mass is 10.1. The van der Waals surface area contributed by atoms with Crippen LogP contribution in [-0.4, -0.2) is 31.8 Å². The normalized spacial score (nSPS) is 11.7. The van der Waals surface area contributed by atoms with E-state index in [1.807, 2.05) is 6.92 Å². The molecular weight excluding hydrogens is 399 g/mol. The second-order valence-electron chi connectivity index (χ2n) is 6.29. The highest BCUT2D eigenvalue weighted by molar-refractivity contribution is 5.62. The zero-order valence-electron chi connectivity index (χ0n) is 15.8. The van der Waals surface area contributed by atoms with Crippen molar-refractivity contribution in [1.82, 2.24) is 25.2 Å². The smallest absolute Gasteiger partial charge is 0.416 e. The molecule has 0 spiro atoms. The second kappa shape index (κ2) is 8.07. The Kier molecular flexibility index (Phi) is 5.32. The predicted molar refractivity (Wildman–Crippen MR) is 100 cm³/mol. The van der Waals surface area contributed by atoms with E-state index in [2.05, 4.69) is 20.5 Å². The van der Waals surface area contributed by atoms with Gasteiger partial charge >= 0.3 is 6.18 Å². The number of nitrogens with zero attached hydrogens (tertiary/aromatic N) is 5. The summed E-state index contributed by atoms with van der Waals surface area (Å²) in [6, 6.07) is 12.0. The number of hydrogen-bond acceptors (Lipinski definition) is 6. The molecular formula is C20H16F3N5O2. The molecule has 10 heteroatoms. The van der Waals surface area contributed by atoms with Gasteiger partial charge in [0.1, 0.15) is 5.69 Å². The average molecular weight is 415 g/mol. The quantitative estimate of drug-likeness (QED) is 0.460. The maximum atomic E-state index is 13.2. The number of rotatable bonds is 6. The van der Waals surface area contributed by atoms with E-state index in [0.717, 1.165) is 11.8 Å². The van der Waals surface area contributed by atoms with Crippen molar-refractivity contribution < 1.29 is 22.3 Å². The van der Waals surface area contributed by atoms with Gasteiger partial charge in [0, 0.05) is 12.2 Å². The van der Waals surface area contributed by atoms with Crippen LogP contribution in [0.2, 0.25) is 0 Å². The van der Waals surface area contributed by atoms with Gasteiger partial charge in [-0.3, -0.25) is 0 Å². The highest BCUT2D eigenvalue weighted by Gasteiger charge is 2.34. The van der Waals surface area contributed by atoms with Crippen molar-refractivity contribution in [3.05, 3.63) is 66.0 Å². The molecule has 2 heterocycles. The molecule has 7 nitrogen and oxygen atoms in total. The Balaban J connectivity index is 1.57. The van der Waals surface area contributed by atoms with Gasteiger partial charge in [-0.1, -0.05) is 17.3 Å². The standard InChI is InChI=1S/C20H16F3N5O2/c1-2-29-12-14-11-28(27-24-14)15-9-7-13(8-10-15)18-25-26-19(30-18)16-5-3-4-6-17(16)20(21,22)23/h3-11H,2,12H2,1H3. The van der Waals surface area contributed by atoms with Crippen LogP contribution >= 0.6 is 0 Å². The maximum Gasteiger partial charge on any atom is 0.417 e. The number of ether oxygens (including phenoxy) is 1. The largest absolute Gasteiger partial charge is 0.417 e. The van der Waals surface area contributed by atoms with E-state index in [1.165, 1.54) is 18.2 Å². The number of benzene rings is 2. The summed E-state index contributed by atoms with van der Waals surface area (Å²) in [5.41, 5.74) is 1.02. The lowest BCUT2D eigenvalue weighted by Gasteiger charge is -2.09. The molecule has 0 N–H and O–H groups in total. The molecule has 0 aliphatic rings. The molecule has 0 fully saturated rings. The van der Waals surface area contributed by atoms with Gasteiger partial charge in [0.15, 0.2) is 0 Å². The molecule has 0 bridgehead atoms. The topological polar surface area (TPSA) is 78.9 Å². The highest BCUT2D eigenvalue weighted by atomic mass is 19.4. The molecule has 0 aliphatic carbocycles. The minimum atomic E-state index is -4.52. The van der Waals surface area contributed by atoms with Crippen molar-refractivity contribution in [2.45, 2.75) is 19.7 Å². The Labute approximate surface area is 169 Å². The highest BCUT2D eigenvalue weighted by Crippen LogP contribution is 2.37. The number of aromatic nitrogens is 5. The third-order valence-corrected chi connectivity index (χ3v) is 4.26. The Hall–Kier alpha value is -3.53. The summed E-state index contributed by atoms with van der Waals surface area (Å²) in [6.07, 6.45) is -2.77. The number of halogens is 3. The summed E-state index contributed by atoms with van der Waals surface area (Å²) in [5.74, 6) is -0.0806. The SMILES string of the molecule is CCOCc1cn(-c2ccc(-c3nnc(-c4ccccc4C(F)(F)F)o3)cc2)nn1. The molecule has 0 amide bonds. The molecule has 154 valence electrons. The average Bonchev–Trinajstić information content (AvgIpc) is 3.42. The van der Waals surface area contributed by atoms with Crippen LogP contribution in [0, 0.1) is 0 Å². The summed E-state index contributed by atoms with van der Waals surface area (Å²) in [7, 11) is 0. The molecule has 0 saturated heterocycles. The van der Waals surface area contributed by atoms with Gasteiger partial charge in [0.2, 0.25) is 11.8 Å². The summed E-state index contributed by atoms with van der Waals surface area (Å²) in [6.45, 7) is 2.85. The molecule has 30 heavy (non-hydrogen) atoms. The van der Waals surface area contributed by atoms with Crippen molar-refractivity contribution in [2.75, 3.05) is 6.61 Å². The first-order valence-corrected chi connectivity index (χ1v) is 9.05. The third-order valence-electron chi connectivity index (χ3n) is 4.26. The van der Waals surface area contributed by atoms with Gasteiger partial charge in [0.05, 0.1) is 29.6 Å². The van der Waals surface area contributed by atoms with Crippen LogP contribution in [0.15, 0.2) is 59.1 Å². The molecule has 0 unspecified atom stereocenters. The fraction of sp³-hybridized carbons (Fsp3) is 0.200. The van der Waals surface area contributed by atoms with Gasteiger partial charge < -0.3 is 9.15 Å². The monoisotopic (exact) mass is 415 g/mol. The van der Waals surface area contributed by atoms with E-state index in [4.69, 9.17) is 9.15 Å². The van der Waals surface area contributed by atoms with Crippen LogP contribution in [0.25, 0.3) is 28.6 Å². The van der Waals surface area contributed by atoms with Crippen LogP contribution in [0.5, 0.6) is 0 Å². The summed E-state index contributed by atoms with van der Waals surface area (Å²) in [4.78, 5) is 0. The summed E-state index contributed by atoms with van der Waals surface area (Å²) < 4.78 is 52.1. The molecule has 2 aromatic carbocycles. The maximum absolute atomic E-state index is 13.2. The number of hydrogen-bond donors (Lipinski definition) is 0. The fourth-order valence-corrected chi connectivity index (χ4v) is 2.82. The molecule has 0 aliphatic heterocycles. The molecule has 0 radical (unpaired) electrons. The van der Waals surface area contributed by atoms with Crippen molar-refractivity contribution in [1.29, 1.82) is 0 Å². The minimum absolute atomic E-state index is 0.115. The second-order valence-corrected chi connectivity index (χ2v) is 6.29. The van der Waals surface area contributed by atoms with E-state index >= 15 is 0 Å².